The Kier molecular flexibility index (Phi) is 3.62. The number of nitrogens with zero attached hydrogens (tertiary/aromatic N) is 3. The normalized spacial score (nSPS) is 11.3. The van der Waals surface area contributed by atoms with E-state index in [1.54, 1.807) is 12.4 Å². The van der Waals surface area contributed by atoms with E-state index < -0.39 is 0 Å². The van der Waals surface area contributed by atoms with Crippen molar-refractivity contribution in [3.8, 4) is 11.3 Å². The molecular formula is C15H13BrN4O. The number of rotatable bonds is 3. The molecule has 0 atom stereocenters. The zero-order chi connectivity index (χ0) is 14.8. The van der Waals surface area contributed by atoms with E-state index in [0.29, 0.717) is 11.7 Å². The van der Waals surface area contributed by atoms with E-state index in [1.807, 2.05) is 43.3 Å². The lowest BCUT2D eigenvalue weighted by Crippen LogP contribution is -1.96. The summed E-state index contributed by atoms with van der Waals surface area (Å²) in [7, 11) is 0. The predicted molar refractivity (Wildman–Crippen MR) is 86.2 cm³/mol. The van der Waals surface area contributed by atoms with Gasteiger partial charge >= 0.3 is 0 Å². The van der Waals surface area contributed by atoms with E-state index in [9.17, 15) is 0 Å². The highest BCUT2D eigenvalue weighted by Gasteiger charge is 2.04. The van der Waals surface area contributed by atoms with Crippen molar-refractivity contribution in [3.63, 3.8) is 0 Å². The third kappa shape index (κ3) is 3.05. The molecule has 0 aliphatic rings. The van der Waals surface area contributed by atoms with E-state index in [2.05, 4.69) is 26.0 Å². The lowest BCUT2D eigenvalue weighted by atomic mass is 10.2. The van der Waals surface area contributed by atoms with Crippen LogP contribution in [0.25, 0.3) is 11.3 Å². The maximum absolute atomic E-state index is 5.74. The van der Waals surface area contributed by atoms with Crippen LogP contribution in [0.2, 0.25) is 0 Å². The standard InChI is InChI=1S/C15H13BrN4O/c1-10-9-20(15(17)19-10)18-8-13-6-7-14(21-13)11-2-4-12(16)5-3-11/h2-9H,1H3,(H2,17,19). The van der Waals surface area contributed by atoms with Gasteiger partial charge in [-0.05, 0) is 31.2 Å². The van der Waals surface area contributed by atoms with Gasteiger partial charge in [0.15, 0.2) is 0 Å². The first-order chi connectivity index (χ1) is 10.1. The summed E-state index contributed by atoms with van der Waals surface area (Å²) in [6, 6.07) is 11.7. The van der Waals surface area contributed by atoms with Crippen LogP contribution in [0.5, 0.6) is 0 Å². The maximum atomic E-state index is 5.74. The average molecular weight is 345 g/mol. The molecule has 5 nitrogen and oxygen atoms in total. The molecule has 0 amide bonds. The van der Waals surface area contributed by atoms with Crippen LogP contribution >= 0.6 is 15.9 Å². The lowest BCUT2D eigenvalue weighted by Gasteiger charge is -1.96. The van der Waals surface area contributed by atoms with Crippen LogP contribution < -0.4 is 5.73 Å². The number of hydrogen-bond donors (Lipinski definition) is 1. The molecule has 2 N–H and O–H groups in total. The fraction of sp³-hybridized carbons (Fsp3) is 0.0667. The summed E-state index contributed by atoms with van der Waals surface area (Å²) in [5, 5.41) is 4.22. The fourth-order valence-corrected chi connectivity index (χ4v) is 2.17. The van der Waals surface area contributed by atoms with Gasteiger partial charge in [0, 0.05) is 10.0 Å². The molecule has 0 saturated carbocycles. The minimum atomic E-state index is 0.350. The van der Waals surface area contributed by atoms with E-state index in [4.69, 9.17) is 10.2 Å². The molecule has 0 bridgehead atoms. The summed E-state index contributed by atoms with van der Waals surface area (Å²) in [6.07, 6.45) is 3.37. The number of furan rings is 1. The van der Waals surface area contributed by atoms with Gasteiger partial charge in [-0.25, -0.2) is 9.66 Å². The van der Waals surface area contributed by atoms with Crippen LogP contribution in [0.3, 0.4) is 0 Å². The molecule has 0 radical (unpaired) electrons. The van der Waals surface area contributed by atoms with Crippen LogP contribution in [-0.2, 0) is 0 Å². The molecule has 3 rings (SSSR count). The quantitative estimate of drug-likeness (QED) is 0.736. The summed E-state index contributed by atoms with van der Waals surface area (Å²) in [6.45, 7) is 1.86. The first-order valence-electron chi connectivity index (χ1n) is 6.33. The summed E-state index contributed by atoms with van der Waals surface area (Å²) in [5.41, 5.74) is 7.55. The van der Waals surface area contributed by atoms with Crippen LogP contribution in [0.1, 0.15) is 11.5 Å². The van der Waals surface area contributed by atoms with Crippen molar-refractivity contribution in [2.45, 2.75) is 6.92 Å². The molecule has 3 aromatic rings. The van der Waals surface area contributed by atoms with Gasteiger partial charge in [0.1, 0.15) is 11.5 Å². The summed E-state index contributed by atoms with van der Waals surface area (Å²) < 4.78 is 8.28. The first kappa shape index (κ1) is 13.6. The zero-order valence-corrected chi connectivity index (χ0v) is 12.9. The zero-order valence-electron chi connectivity index (χ0n) is 11.3. The number of nitrogens with two attached hydrogens (primary N) is 1. The van der Waals surface area contributed by atoms with Crippen LogP contribution in [0.15, 0.2) is 56.6 Å². The Morgan fingerprint density at radius 2 is 2.00 bits per heavy atom. The van der Waals surface area contributed by atoms with Gasteiger partial charge in [-0.2, -0.15) is 5.10 Å². The van der Waals surface area contributed by atoms with Crippen molar-refractivity contribution in [2.75, 3.05) is 5.73 Å². The topological polar surface area (TPSA) is 69.3 Å². The van der Waals surface area contributed by atoms with Crippen LogP contribution in [0, 0.1) is 6.92 Å². The first-order valence-corrected chi connectivity index (χ1v) is 7.13. The van der Waals surface area contributed by atoms with Gasteiger partial charge in [-0.15, -0.1) is 0 Å². The fourth-order valence-electron chi connectivity index (χ4n) is 1.91. The molecule has 0 fully saturated rings. The minimum absolute atomic E-state index is 0.350. The van der Waals surface area contributed by atoms with Crippen molar-refractivity contribution in [1.29, 1.82) is 0 Å². The monoisotopic (exact) mass is 344 g/mol. The Morgan fingerprint density at radius 3 is 2.67 bits per heavy atom. The Labute approximate surface area is 130 Å². The molecule has 0 saturated heterocycles. The Morgan fingerprint density at radius 1 is 1.24 bits per heavy atom. The predicted octanol–water partition coefficient (Wildman–Crippen LogP) is 3.68. The van der Waals surface area contributed by atoms with Gasteiger partial charge in [-0.1, -0.05) is 28.1 Å². The number of anilines is 1. The number of imidazole rings is 1. The van der Waals surface area contributed by atoms with Gasteiger partial charge in [-0.3, -0.25) is 0 Å². The van der Waals surface area contributed by atoms with E-state index in [0.717, 1.165) is 21.5 Å². The highest BCUT2D eigenvalue weighted by Crippen LogP contribution is 2.23. The molecule has 2 aromatic heterocycles. The smallest absolute Gasteiger partial charge is 0.221 e. The number of nitrogen functional groups attached to an aromatic ring is 1. The van der Waals surface area contributed by atoms with Gasteiger partial charge in [0.2, 0.25) is 5.95 Å². The summed E-state index contributed by atoms with van der Waals surface area (Å²) in [4.78, 5) is 4.08. The lowest BCUT2D eigenvalue weighted by molar-refractivity contribution is 0.574. The highest BCUT2D eigenvalue weighted by molar-refractivity contribution is 9.10. The second-order valence-corrected chi connectivity index (χ2v) is 5.45. The Hall–Kier alpha value is -2.34. The number of benzene rings is 1. The van der Waals surface area contributed by atoms with Crippen LogP contribution in [0.4, 0.5) is 5.95 Å². The Bertz CT molecular complexity index is 786. The van der Waals surface area contributed by atoms with E-state index in [-0.39, 0.29) is 0 Å². The SMILES string of the molecule is Cc1cn(N=Cc2ccc(-c3ccc(Br)cc3)o2)c(N)n1. The Balaban J connectivity index is 1.82. The molecule has 1 aromatic carbocycles. The van der Waals surface area contributed by atoms with Crippen molar-refractivity contribution >= 4 is 28.1 Å². The summed E-state index contributed by atoms with van der Waals surface area (Å²) in [5.74, 6) is 1.79. The molecule has 0 spiro atoms. The molecule has 2 heterocycles. The van der Waals surface area contributed by atoms with Crippen LogP contribution in [-0.4, -0.2) is 15.9 Å². The third-order valence-electron chi connectivity index (χ3n) is 2.90. The molecular weight excluding hydrogens is 332 g/mol. The molecule has 0 aliphatic carbocycles. The minimum Gasteiger partial charge on any atom is -0.455 e. The number of aryl methyl sites for hydroxylation is 1. The molecule has 6 heteroatoms. The number of halogens is 1. The van der Waals surface area contributed by atoms with Crippen molar-refractivity contribution < 1.29 is 4.42 Å². The van der Waals surface area contributed by atoms with Gasteiger partial charge in [0.05, 0.1) is 18.1 Å². The van der Waals surface area contributed by atoms with Gasteiger partial charge < -0.3 is 10.2 Å². The van der Waals surface area contributed by atoms with Crippen molar-refractivity contribution in [3.05, 3.63) is 58.5 Å². The number of aromatic nitrogens is 2. The second kappa shape index (κ2) is 5.57. The molecule has 106 valence electrons. The second-order valence-electron chi connectivity index (χ2n) is 4.54. The van der Waals surface area contributed by atoms with E-state index in [1.165, 1.54) is 4.68 Å². The highest BCUT2D eigenvalue weighted by atomic mass is 79.9. The third-order valence-corrected chi connectivity index (χ3v) is 3.43. The van der Waals surface area contributed by atoms with Crippen molar-refractivity contribution in [1.82, 2.24) is 9.66 Å². The van der Waals surface area contributed by atoms with Crippen molar-refractivity contribution in [2.24, 2.45) is 5.10 Å². The molecule has 21 heavy (non-hydrogen) atoms. The molecule has 0 unspecified atom stereocenters. The summed E-state index contributed by atoms with van der Waals surface area (Å²) >= 11 is 3.41. The maximum Gasteiger partial charge on any atom is 0.221 e. The number of hydrogen-bond acceptors (Lipinski definition) is 4. The van der Waals surface area contributed by atoms with Gasteiger partial charge in [0.25, 0.3) is 0 Å². The van der Waals surface area contributed by atoms with E-state index >= 15 is 0 Å². The largest absolute Gasteiger partial charge is 0.455 e. The average Bonchev–Trinajstić information content (AvgIpc) is 3.04. The molecule has 0 aliphatic heterocycles.